The summed E-state index contributed by atoms with van der Waals surface area (Å²) in [5, 5.41) is 48.5. The van der Waals surface area contributed by atoms with Gasteiger partial charge in [-0.25, -0.2) is 0 Å². The van der Waals surface area contributed by atoms with Crippen LogP contribution in [0, 0.1) is 17.3 Å². The van der Waals surface area contributed by atoms with Crippen molar-refractivity contribution in [2.45, 2.75) is 50.2 Å². The third kappa shape index (κ3) is 4.70. The third-order valence-corrected chi connectivity index (χ3v) is 10.7. The number of phenols is 1. The average molecular weight is 624 g/mol. The quantitative estimate of drug-likeness (QED) is 0.195. The Balaban J connectivity index is 1.38. The van der Waals surface area contributed by atoms with Gasteiger partial charge in [-0.15, -0.1) is 0 Å². The number of piperidine rings is 1. The fourth-order valence-corrected chi connectivity index (χ4v) is 8.05. The maximum Gasteiger partial charge on any atom is 0.255 e. The molecule has 0 bridgehead atoms. The summed E-state index contributed by atoms with van der Waals surface area (Å²) in [6.07, 6.45) is 4.76. The van der Waals surface area contributed by atoms with Crippen LogP contribution in [0.15, 0.2) is 28.7 Å². The zero-order valence-electron chi connectivity index (χ0n) is 26.0. The highest BCUT2D eigenvalue weighted by Gasteiger charge is 2.63. The standard InChI is InChI=1S/C32H41N5O8/c1-35(2)19-13-18(34-20(38)14-37-9-7-31(5-6-31)8-10-37)25(39)22-16(19)11-15-12-17-24(36(3)4)27(41)23(30(33)44)29(43)32(17,45)28(42)21(15)26(22)40/h13,15,17,24,39,41-42,45H,5-12,14H2,1-4H3,(H2,33,44)(H,34,38)/t15-,17-,24-,32-/m0/s1. The lowest BCUT2D eigenvalue weighted by atomic mass is 9.58. The van der Waals surface area contributed by atoms with E-state index in [-0.39, 0.29) is 42.1 Å². The number of benzene rings is 1. The molecule has 5 aliphatic rings. The SMILES string of the molecule is CN(C)c1cc(NC(=O)CN2CCC3(CC2)CC3)c(O)c2c1C[C@H]1C[C@H]3[C@H](N(C)C)C(O)=C(C(N)=O)C(=O)[C@@]3(O)C(O)=C1C2=O. The number of rotatable bonds is 6. The number of aliphatic hydroxyl groups excluding tert-OH is 2. The Labute approximate surface area is 261 Å². The number of nitrogens with zero attached hydrogens (tertiary/aromatic N) is 3. The number of aromatic hydroxyl groups is 1. The maximum absolute atomic E-state index is 14.2. The van der Waals surface area contributed by atoms with Gasteiger partial charge in [0.25, 0.3) is 5.91 Å². The molecule has 2 fully saturated rings. The summed E-state index contributed by atoms with van der Waals surface area (Å²) in [7, 11) is 6.70. The van der Waals surface area contributed by atoms with Crippen LogP contribution >= 0.6 is 0 Å². The van der Waals surface area contributed by atoms with Gasteiger partial charge in [-0.2, -0.15) is 0 Å². The number of hydrogen-bond donors (Lipinski definition) is 6. The number of Topliss-reactive ketones (excluding diaryl/α,β-unsaturated/α-hetero) is 2. The number of carbonyl (C=O) groups excluding carboxylic acids is 4. The first kappa shape index (κ1) is 31.1. The van der Waals surface area contributed by atoms with Gasteiger partial charge in [-0.3, -0.25) is 29.0 Å². The van der Waals surface area contributed by atoms with E-state index in [1.165, 1.54) is 17.7 Å². The highest BCUT2D eigenvalue weighted by atomic mass is 16.3. The molecule has 1 saturated carbocycles. The fraction of sp³-hybridized carbons (Fsp3) is 0.562. The first-order valence-electron chi connectivity index (χ1n) is 15.3. The van der Waals surface area contributed by atoms with Crippen LogP contribution in [0.5, 0.6) is 5.75 Å². The van der Waals surface area contributed by atoms with Crippen LogP contribution in [-0.4, -0.2) is 113 Å². The lowest BCUT2D eigenvalue weighted by molar-refractivity contribution is -0.148. The Morgan fingerprint density at radius 1 is 1.07 bits per heavy atom. The van der Waals surface area contributed by atoms with Crippen LogP contribution in [0.2, 0.25) is 0 Å². The van der Waals surface area contributed by atoms with E-state index in [1.807, 2.05) is 0 Å². The number of fused-ring (bicyclic) bond motifs is 3. The largest absolute Gasteiger partial charge is 0.510 e. The summed E-state index contributed by atoms with van der Waals surface area (Å²) in [4.78, 5) is 58.4. The van der Waals surface area contributed by atoms with E-state index in [1.54, 1.807) is 39.2 Å². The van der Waals surface area contributed by atoms with Crippen molar-refractivity contribution in [1.82, 2.24) is 9.80 Å². The molecule has 4 aliphatic carbocycles. The molecule has 1 aromatic rings. The molecule has 13 nitrogen and oxygen atoms in total. The van der Waals surface area contributed by atoms with E-state index < -0.39 is 63.8 Å². The highest BCUT2D eigenvalue weighted by molar-refractivity contribution is 6.25. The van der Waals surface area contributed by atoms with Crippen molar-refractivity contribution in [1.29, 1.82) is 0 Å². The summed E-state index contributed by atoms with van der Waals surface area (Å²) in [5.41, 5.74) is 2.99. The molecule has 4 atom stereocenters. The van der Waals surface area contributed by atoms with Crippen molar-refractivity contribution in [2.24, 2.45) is 23.0 Å². The number of aliphatic hydroxyl groups is 3. The molecule has 7 N–H and O–H groups in total. The number of anilines is 2. The van der Waals surface area contributed by atoms with E-state index in [0.29, 0.717) is 16.7 Å². The van der Waals surface area contributed by atoms with Gasteiger partial charge < -0.3 is 36.4 Å². The minimum Gasteiger partial charge on any atom is -0.510 e. The van der Waals surface area contributed by atoms with Crippen LogP contribution in [0.3, 0.4) is 0 Å². The number of primary amides is 1. The second kappa shape index (κ2) is 10.6. The number of allylic oxidation sites excluding steroid dienone is 1. The summed E-state index contributed by atoms with van der Waals surface area (Å²) in [6, 6.07) is 0.549. The van der Waals surface area contributed by atoms with E-state index in [0.717, 1.165) is 25.9 Å². The number of amides is 2. The number of likely N-dealkylation sites (N-methyl/N-ethyl adjacent to an activating group) is 1. The van der Waals surface area contributed by atoms with Crippen molar-refractivity contribution in [3.8, 4) is 5.75 Å². The van der Waals surface area contributed by atoms with Gasteiger partial charge in [0.2, 0.25) is 11.7 Å². The minimum absolute atomic E-state index is 0.00496. The third-order valence-electron chi connectivity index (χ3n) is 10.7. The summed E-state index contributed by atoms with van der Waals surface area (Å²) >= 11 is 0. The molecule has 1 heterocycles. The van der Waals surface area contributed by atoms with E-state index in [9.17, 15) is 39.6 Å². The van der Waals surface area contributed by atoms with Crippen molar-refractivity contribution >= 4 is 34.8 Å². The number of nitrogens with two attached hydrogens (primary N) is 1. The van der Waals surface area contributed by atoms with Gasteiger partial charge in [-0.05, 0) is 88.7 Å². The maximum atomic E-state index is 14.2. The summed E-state index contributed by atoms with van der Waals surface area (Å²) in [5.74, 6) is -7.53. The number of nitrogens with one attached hydrogen (secondary N) is 1. The lowest BCUT2D eigenvalue weighted by Crippen LogP contribution is -2.63. The monoisotopic (exact) mass is 623 g/mol. The molecule has 1 aliphatic heterocycles. The van der Waals surface area contributed by atoms with Crippen LogP contribution in [0.25, 0.3) is 0 Å². The van der Waals surface area contributed by atoms with Gasteiger partial charge in [0.15, 0.2) is 17.1 Å². The van der Waals surface area contributed by atoms with Crippen molar-refractivity contribution in [3.05, 3.63) is 39.9 Å². The summed E-state index contributed by atoms with van der Waals surface area (Å²) < 4.78 is 0. The predicted molar refractivity (Wildman–Crippen MR) is 164 cm³/mol. The zero-order chi connectivity index (χ0) is 32.7. The van der Waals surface area contributed by atoms with Gasteiger partial charge in [0.1, 0.15) is 17.1 Å². The van der Waals surface area contributed by atoms with Gasteiger partial charge in [0.05, 0.1) is 23.8 Å². The second-order valence-electron chi connectivity index (χ2n) is 13.8. The smallest absolute Gasteiger partial charge is 0.255 e. The predicted octanol–water partition coefficient (Wildman–Crippen LogP) is 1.00. The number of phenolic OH excluding ortho intramolecular Hbond substituents is 1. The topological polar surface area (TPSA) is 197 Å². The Kier molecular flexibility index (Phi) is 7.29. The zero-order valence-corrected chi connectivity index (χ0v) is 26.0. The Bertz CT molecular complexity index is 1580. The van der Waals surface area contributed by atoms with Crippen LogP contribution in [-0.2, 0) is 20.8 Å². The van der Waals surface area contributed by atoms with Gasteiger partial charge in [0, 0.05) is 31.3 Å². The van der Waals surface area contributed by atoms with Crippen LogP contribution < -0.4 is 16.0 Å². The molecule has 2 amide bonds. The Hall–Kier alpha value is -3.94. The summed E-state index contributed by atoms with van der Waals surface area (Å²) in [6.45, 7) is 1.78. The second-order valence-corrected chi connectivity index (χ2v) is 13.8. The Morgan fingerprint density at radius 3 is 2.27 bits per heavy atom. The van der Waals surface area contributed by atoms with Crippen molar-refractivity contribution in [3.63, 3.8) is 0 Å². The lowest BCUT2D eigenvalue weighted by Gasteiger charge is -2.50. The molecule has 1 aromatic carbocycles. The molecule has 6 rings (SSSR count). The molecule has 1 spiro atoms. The number of carbonyl (C=O) groups is 4. The van der Waals surface area contributed by atoms with Gasteiger partial charge >= 0.3 is 0 Å². The molecule has 13 heteroatoms. The first-order chi connectivity index (χ1) is 21.1. The normalized spacial score (nSPS) is 29.0. The van der Waals surface area contributed by atoms with Crippen LogP contribution in [0.4, 0.5) is 11.4 Å². The van der Waals surface area contributed by atoms with Crippen molar-refractivity contribution < 1.29 is 39.6 Å². The molecule has 0 radical (unpaired) electrons. The number of ketones is 2. The van der Waals surface area contributed by atoms with E-state index >= 15 is 0 Å². The van der Waals surface area contributed by atoms with E-state index in [4.69, 9.17) is 5.73 Å². The fourth-order valence-electron chi connectivity index (χ4n) is 8.05. The molecule has 1 saturated heterocycles. The molecular formula is C32H41N5O8. The highest BCUT2D eigenvalue weighted by Crippen LogP contribution is 2.55. The first-order valence-corrected chi connectivity index (χ1v) is 15.3. The molecule has 45 heavy (non-hydrogen) atoms. The minimum atomic E-state index is -2.72. The Morgan fingerprint density at radius 2 is 1.71 bits per heavy atom. The number of likely N-dealkylation sites (tertiary alicyclic amines) is 1. The van der Waals surface area contributed by atoms with Gasteiger partial charge in [-0.1, -0.05) is 0 Å². The number of hydrogen-bond acceptors (Lipinski definition) is 11. The molecule has 0 aromatic heterocycles. The van der Waals surface area contributed by atoms with Crippen molar-refractivity contribution in [2.75, 3.05) is 58.0 Å². The van der Waals surface area contributed by atoms with E-state index in [2.05, 4.69) is 10.2 Å². The molecule has 0 unspecified atom stereocenters. The average Bonchev–Trinajstić information content (AvgIpc) is 3.71. The van der Waals surface area contributed by atoms with Crippen LogP contribution in [0.1, 0.15) is 48.0 Å². The molecular weight excluding hydrogens is 582 g/mol. The molecule has 242 valence electrons.